The molecule has 0 aromatic heterocycles. The monoisotopic (exact) mass is 282 g/mol. The van der Waals surface area contributed by atoms with Crippen LogP contribution in [0.4, 0.5) is 0 Å². The Morgan fingerprint density at radius 1 is 0.833 bits per heavy atom. The molecule has 0 aliphatic carbocycles. The third-order valence-corrected chi connectivity index (χ3v) is 3.10. The van der Waals surface area contributed by atoms with Gasteiger partial charge in [-0.25, -0.2) is 4.57 Å². The molecule has 0 unspecified atom stereocenters. The molecule has 0 spiro atoms. The van der Waals surface area contributed by atoms with Crippen LogP contribution < -0.4 is 0 Å². The summed E-state index contributed by atoms with van der Waals surface area (Å²) >= 11 is 0. The van der Waals surface area contributed by atoms with E-state index in [-0.39, 0.29) is 6.61 Å². The molecule has 0 aliphatic heterocycles. The second-order valence-electron chi connectivity index (χ2n) is 4.41. The van der Waals surface area contributed by atoms with Gasteiger partial charge in [0.2, 0.25) is 0 Å². The molecule has 18 heavy (non-hydrogen) atoms. The minimum atomic E-state index is -4.30. The van der Waals surface area contributed by atoms with Gasteiger partial charge in [0.15, 0.2) is 0 Å². The number of phosphoric ester groups is 1. The van der Waals surface area contributed by atoms with Crippen LogP contribution in [0.2, 0.25) is 0 Å². The van der Waals surface area contributed by atoms with E-state index in [1.165, 1.54) is 38.5 Å². The molecule has 2 N–H and O–H groups in total. The summed E-state index contributed by atoms with van der Waals surface area (Å²) in [6, 6.07) is 0. The first-order valence-corrected chi connectivity index (χ1v) is 8.37. The highest BCUT2D eigenvalue weighted by molar-refractivity contribution is 7.46. The number of unbranched alkanes of at least 4 members (excludes halogenated alkanes) is 6. The second kappa shape index (κ2) is 12.1. The Morgan fingerprint density at radius 2 is 1.39 bits per heavy atom. The SMILES string of the molecule is CCCCCCCCCOCCCOP(=O)(O)O. The lowest BCUT2D eigenvalue weighted by molar-refractivity contribution is 0.108. The standard InChI is InChI=1S/C12H27O5P/c1-2-3-4-5-6-7-8-10-16-11-9-12-17-18(13,14)15/h2-12H2,1H3,(H2,13,14,15). The van der Waals surface area contributed by atoms with Crippen molar-refractivity contribution < 1.29 is 23.6 Å². The average molecular weight is 282 g/mol. The average Bonchev–Trinajstić information content (AvgIpc) is 2.29. The fourth-order valence-electron chi connectivity index (χ4n) is 1.61. The molecule has 6 heteroatoms. The first kappa shape index (κ1) is 18.1. The lowest BCUT2D eigenvalue weighted by Gasteiger charge is -2.06. The highest BCUT2D eigenvalue weighted by Crippen LogP contribution is 2.35. The Balaban J connectivity index is 3.01. The zero-order valence-electron chi connectivity index (χ0n) is 11.3. The van der Waals surface area contributed by atoms with Gasteiger partial charge in [0.1, 0.15) is 0 Å². The summed E-state index contributed by atoms with van der Waals surface area (Å²) in [5.41, 5.74) is 0. The zero-order valence-corrected chi connectivity index (χ0v) is 12.2. The van der Waals surface area contributed by atoms with E-state index >= 15 is 0 Å². The van der Waals surface area contributed by atoms with E-state index < -0.39 is 7.82 Å². The number of hydrogen-bond donors (Lipinski definition) is 2. The van der Waals surface area contributed by atoms with Crippen LogP contribution in [0, 0.1) is 0 Å². The third-order valence-electron chi connectivity index (χ3n) is 2.58. The lowest BCUT2D eigenvalue weighted by atomic mass is 10.1. The molecule has 0 aromatic rings. The molecule has 0 aliphatic rings. The van der Waals surface area contributed by atoms with Crippen molar-refractivity contribution in [2.45, 2.75) is 58.3 Å². The van der Waals surface area contributed by atoms with Crippen molar-refractivity contribution in [3.63, 3.8) is 0 Å². The quantitative estimate of drug-likeness (QED) is 0.400. The molecule has 0 atom stereocenters. The largest absolute Gasteiger partial charge is 0.469 e. The van der Waals surface area contributed by atoms with Gasteiger partial charge >= 0.3 is 7.82 Å². The summed E-state index contributed by atoms with van der Waals surface area (Å²) in [4.78, 5) is 16.9. The van der Waals surface area contributed by atoms with Gasteiger partial charge in [0.05, 0.1) is 6.61 Å². The van der Waals surface area contributed by atoms with Gasteiger partial charge < -0.3 is 14.5 Å². The number of phosphoric acid groups is 1. The molecule has 0 rings (SSSR count). The fourth-order valence-corrected chi connectivity index (χ4v) is 1.97. The number of hydrogen-bond acceptors (Lipinski definition) is 3. The molecular formula is C12H27O5P. The molecule has 0 fully saturated rings. The maximum Gasteiger partial charge on any atom is 0.469 e. The van der Waals surface area contributed by atoms with Crippen molar-refractivity contribution in [1.29, 1.82) is 0 Å². The fraction of sp³-hybridized carbons (Fsp3) is 1.00. The van der Waals surface area contributed by atoms with Crippen LogP contribution in [0.25, 0.3) is 0 Å². The normalized spacial score (nSPS) is 11.9. The van der Waals surface area contributed by atoms with E-state index in [4.69, 9.17) is 14.5 Å². The predicted molar refractivity (Wildman–Crippen MR) is 71.4 cm³/mol. The maximum atomic E-state index is 10.3. The Labute approximate surface area is 110 Å². The molecular weight excluding hydrogens is 255 g/mol. The summed E-state index contributed by atoms with van der Waals surface area (Å²) in [6.45, 7) is 3.48. The summed E-state index contributed by atoms with van der Waals surface area (Å²) in [5, 5.41) is 0. The third kappa shape index (κ3) is 16.1. The molecule has 110 valence electrons. The van der Waals surface area contributed by atoms with Crippen molar-refractivity contribution in [2.24, 2.45) is 0 Å². The van der Waals surface area contributed by atoms with Crippen molar-refractivity contribution in [2.75, 3.05) is 19.8 Å². The van der Waals surface area contributed by atoms with Crippen LogP contribution in [0.5, 0.6) is 0 Å². The van der Waals surface area contributed by atoms with Crippen molar-refractivity contribution in [1.82, 2.24) is 0 Å². The zero-order chi connectivity index (χ0) is 13.7. The van der Waals surface area contributed by atoms with E-state index in [0.29, 0.717) is 13.0 Å². The van der Waals surface area contributed by atoms with Crippen LogP contribution in [0.3, 0.4) is 0 Å². The van der Waals surface area contributed by atoms with E-state index in [1.54, 1.807) is 0 Å². The van der Waals surface area contributed by atoms with Crippen LogP contribution in [0.1, 0.15) is 58.3 Å². The summed E-state index contributed by atoms with van der Waals surface area (Å²) < 4.78 is 20.0. The van der Waals surface area contributed by atoms with Crippen molar-refractivity contribution in [3.05, 3.63) is 0 Å². The Kier molecular flexibility index (Phi) is 12.2. The Morgan fingerprint density at radius 3 is 2.00 bits per heavy atom. The van der Waals surface area contributed by atoms with Gasteiger partial charge in [-0.05, 0) is 12.8 Å². The minimum absolute atomic E-state index is 0.0430. The molecule has 0 amide bonds. The minimum Gasteiger partial charge on any atom is -0.381 e. The van der Waals surface area contributed by atoms with Gasteiger partial charge in [-0.15, -0.1) is 0 Å². The lowest BCUT2D eigenvalue weighted by Crippen LogP contribution is -2.01. The van der Waals surface area contributed by atoms with E-state index in [2.05, 4.69) is 11.4 Å². The van der Waals surface area contributed by atoms with E-state index in [9.17, 15) is 4.57 Å². The molecule has 0 radical (unpaired) electrons. The Bertz CT molecular complexity index is 217. The van der Waals surface area contributed by atoms with E-state index in [0.717, 1.165) is 13.0 Å². The van der Waals surface area contributed by atoms with E-state index in [1.807, 2.05) is 0 Å². The molecule has 0 aromatic carbocycles. The van der Waals surface area contributed by atoms with Gasteiger partial charge in [0.25, 0.3) is 0 Å². The van der Waals surface area contributed by atoms with Gasteiger partial charge in [-0.2, -0.15) is 0 Å². The van der Waals surface area contributed by atoms with Gasteiger partial charge in [-0.3, -0.25) is 4.52 Å². The molecule has 0 heterocycles. The number of ether oxygens (including phenoxy) is 1. The van der Waals surface area contributed by atoms with Crippen LogP contribution in [0.15, 0.2) is 0 Å². The van der Waals surface area contributed by atoms with Crippen LogP contribution >= 0.6 is 7.82 Å². The highest BCUT2D eigenvalue weighted by atomic mass is 31.2. The summed E-state index contributed by atoms with van der Waals surface area (Å²) in [5.74, 6) is 0. The van der Waals surface area contributed by atoms with Crippen LogP contribution in [-0.2, 0) is 13.8 Å². The van der Waals surface area contributed by atoms with Gasteiger partial charge in [0, 0.05) is 13.2 Å². The van der Waals surface area contributed by atoms with Crippen molar-refractivity contribution in [3.8, 4) is 0 Å². The molecule has 5 nitrogen and oxygen atoms in total. The summed E-state index contributed by atoms with van der Waals surface area (Å²) in [7, 11) is -4.30. The molecule has 0 saturated carbocycles. The van der Waals surface area contributed by atoms with Crippen LogP contribution in [-0.4, -0.2) is 29.6 Å². The van der Waals surface area contributed by atoms with Crippen molar-refractivity contribution >= 4 is 7.82 Å². The molecule has 0 saturated heterocycles. The summed E-state index contributed by atoms with van der Waals surface area (Å²) in [6.07, 6.45) is 9.29. The number of rotatable bonds is 13. The molecule has 0 bridgehead atoms. The first-order chi connectivity index (χ1) is 8.56. The Hall–Kier alpha value is 0.0700. The maximum absolute atomic E-state index is 10.3. The predicted octanol–water partition coefficient (Wildman–Crippen LogP) is 3.25. The smallest absolute Gasteiger partial charge is 0.381 e. The van der Waals surface area contributed by atoms with Gasteiger partial charge in [-0.1, -0.05) is 45.4 Å². The topological polar surface area (TPSA) is 76.0 Å². The second-order valence-corrected chi connectivity index (χ2v) is 5.65. The first-order valence-electron chi connectivity index (χ1n) is 6.84. The highest BCUT2D eigenvalue weighted by Gasteiger charge is 2.12.